The third-order valence-corrected chi connectivity index (χ3v) is 4.42. The van der Waals surface area contributed by atoms with Gasteiger partial charge < -0.3 is 5.32 Å². The van der Waals surface area contributed by atoms with Gasteiger partial charge in [0.05, 0.1) is 11.6 Å². The van der Waals surface area contributed by atoms with Crippen molar-refractivity contribution in [3.63, 3.8) is 0 Å². The summed E-state index contributed by atoms with van der Waals surface area (Å²) >= 11 is 5.81. The van der Waals surface area contributed by atoms with E-state index < -0.39 is 17.8 Å². The van der Waals surface area contributed by atoms with Crippen LogP contribution in [0.3, 0.4) is 0 Å². The lowest BCUT2D eigenvalue weighted by Gasteiger charge is -2.25. The van der Waals surface area contributed by atoms with Crippen molar-refractivity contribution in [3.05, 3.63) is 70.2 Å². The van der Waals surface area contributed by atoms with Crippen molar-refractivity contribution in [2.24, 2.45) is 0 Å². The smallest absolute Gasteiger partial charge is 0.351 e. The van der Waals surface area contributed by atoms with Crippen LogP contribution in [0.15, 0.2) is 48.5 Å². The summed E-state index contributed by atoms with van der Waals surface area (Å²) in [5.74, 6) is -0.257. The van der Waals surface area contributed by atoms with Gasteiger partial charge in [-0.15, -0.1) is 0 Å². The van der Waals surface area contributed by atoms with Crippen LogP contribution < -0.4 is 5.32 Å². The predicted octanol–water partition coefficient (Wildman–Crippen LogP) is 4.50. The van der Waals surface area contributed by atoms with E-state index >= 15 is 0 Å². The maximum absolute atomic E-state index is 13.1. The third kappa shape index (κ3) is 5.47. The van der Waals surface area contributed by atoms with Gasteiger partial charge in [0.1, 0.15) is 0 Å². The summed E-state index contributed by atoms with van der Waals surface area (Å²) in [6, 6.07) is 11.9. The molecule has 0 aliphatic rings. The lowest BCUT2D eigenvalue weighted by Crippen LogP contribution is -2.42. The SMILES string of the molecule is CC(C(=O)NCc1ccc(Cl)cc1)N(C)Cc1ccccc1C(F)(F)F. The number of alkyl halides is 3. The number of benzene rings is 2. The number of carbonyl (C=O) groups is 1. The van der Waals surface area contributed by atoms with Gasteiger partial charge in [-0.2, -0.15) is 13.2 Å². The molecule has 1 unspecified atom stereocenters. The number of hydrogen-bond acceptors (Lipinski definition) is 2. The first-order chi connectivity index (χ1) is 12.2. The molecular formula is C19H20ClF3N2O. The normalized spacial score (nSPS) is 12.9. The standard InChI is InChI=1S/C19H20ClF3N2O/c1-13(18(26)24-11-14-7-9-16(20)10-8-14)25(2)12-15-5-3-4-6-17(15)19(21,22)23/h3-10,13H,11-12H2,1-2H3,(H,24,26). The van der Waals surface area contributed by atoms with E-state index in [0.29, 0.717) is 11.6 Å². The highest BCUT2D eigenvalue weighted by Gasteiger charge is 2.33. The molecule has 7 heteroatoms. The zero-order valence-electron chi connectivity index (χ0n) is 14.5. The molecule has 0 spiro atoms. The zero-order valence-corrected chi connectivity index (χ0v) is 15.2. The Morgan fingerprint density at radius 1 is 1.15 bits per heavy atom. The Hall–Kier alpha value is -2.05. The van der Waals surface area contributed by atoms with E-state index in [2.05, 4.69) is 5.32 Å². The lowest BCUT2D eigenvalue weighted by atomic mass is 10.1. The van der Waals surface area contributed by atoms with Crippen molar-refractivity contribution >= 4 is 17.5 Å². The van der Waals surface area contributed by atoms with Crippen molar-refractivity contribution in [1.82, 2.24) is 10.2 Å². The molecule has 0 heterocycles. The summed E-state index contributed by atoms with van der Waals surface area (Å²) in [4.78, 5) is 13.9. The molecule has 0 aliphatic heterocycles. The monoisotopic (exact) mass is 384 g/mol. The Bertz CT molecular complexity index is 747. The van der Waals surface area contributed by atoms with Crippen molar-refractivity contribution in [2.75, 3.05) is 7.05 Å². The zero-order chi connectivity index (χ0) is 19.3. The summed E-state index contributed by atoms with van der Waals surface area (Å²) in [7, 11) is 1.62. The van der Waals surface area contributed by atoms with Crippen molar-refractivity contribution < 1.29 is 18.0 Å². The van der Waals surface area contributed by atoms with Crippen LogP contribution in [0.1, 0.15) is 23.6 Å². The highest BCUT2D eigenvalue weighted by Crippen LogP contribution is 2.32. The molecule has 0 aromatic heterocycles. The maximum Gasteiger partial charge on any atom is 0.416 e. The fraction of sp³-hybridized carbons (Fsp3) is 0.316. The molecule has 1 amide bonds. The molecule has 3 nitrogen and oxygen atoms in total. The van der Waals surface area contributed by atoms with Gasteiger partial charge in [-0.05, 0) is 43.3 Å². The maximum atomic E-state index is 13.1. The fourth-order valence-electron chi connectivity index (χ4n) is 2.48. The van der Waals surface area contributed by atoms with Crippen LogP contribution >= 0.6 is 11.6 Å². The van der Waals surface area contributed by atoms with Crippen molar-refractivity contribution in [2.45, 2.75) is 32.2 Å². The number of amides is 1. The van der Waals surface area contributed by atoms with Crippen LogP contribution in [-0.2, 0) is 24.1 Å². The van der Waals surface area contributed by atoms with Gasteiger partial charge >= 0.3 is 6.18 Å². The van der Waals surface area contributed by atoms with Gasteiger partial charge in [0.2, 0.25) is 5.91 Å². The van der Waals surface area contributed by atoms with Gasteiger partial charge in [0.15, 0.2) is 0 Å². The van der Waals surface area contributed by atoms with Crippen LogP contribution in [0.25, 0.3) is 0 Å². The Labute approximate surface area is 155 Å². The molecule has 0 saturated heterocycles. The molecule has 2 aromatic rings. The second kappa shape index (κ2) is 8.56. The quantitative estimate of drug-likeness (QED) is 0.795. The van der Waals surface area contributed by atoms with E-state index in [1.54, 1.807) is 49.2 Å². The molecule has 1 atom stereocenters. The Morgan fingerprint density at radius 3 is 2.38 bits per heavy atom. The second-order valence-corrected chi connectivity index (χ2v) is 6.53. The minimum Gasteiger partial charge on any atom is -0.351 e. The number of halogens is 4. The molecule has 2 rings (SSSR count). The number of hydrogen-bond donors (Lipinski definition) is 1. The summed E-state index contributed by atoms with van der Waals surface area (Å²) in [5.41, 5.74) is 0.348. The summed E-state index contributed by atoms with van der Waals surface area (Å²) in [6.45, 7) is 2.01. The Balaban J connectivity index is 1.97. The van der Waals surface area contributed by atoms with E-state index in [1.807, 2.05) is 0 Å². The first kappa shape index (κ1) is 20.3. The number of nitrogens with zero attached hydrogens (tertiary/aromatic N) is 1. The number of carbonyl (C=O) groups excluding carboxylic acids is 1. The first-order valence-electron chi connectivity index (χ1n) is 8.06. The average Bonchev–Trinajstić information content (AvgIpc) is 2.59. The topological polar surface area (TPSA) is 32.3 Å². The lowest BCUT2D eigenvalue weighted by molar-refractivity contribution is -0.138. The van der Waals surface area contributed by atoms with Gasteiger partial charge in [-0.25, -0.2) is 0 Å². The number of likely N-dealkylation sites (N-methyl/N-ethyl adjacent to an activating group) is 1. The van der Waals surface area contributed by atoms with Gasteiger partial charge in [0, 0.05) is 18.1 Å². The molecule has 1 N–H and O–H groups in total. The van der Waals surface area contributed by atoms with E-state index in [-0.39, 0.29) is 18.0 Å². The molecular weight excluding hydrogens is 365 g/mol. The van der Waals surface area contributed by atoms with Crippen LogP contribution in [0, 0.1) is 0 Å². The van der Waals surface area contributed by atoms with E-state index in [0.717, 1.165) is 11.6 Å². The van der Waals surface area contributed by atoms with Crippen molar-refractivity contribution in [3.8, 4) is 0 Å². The minimum atomic E-state index is -4.42. The summed E-state index contributed by atoms with van der Waals surface area (Å²) in [6.07, 6.45) is -4.42. The molecule has 0 fully saturated rings. The van der Waals surface area contributed by atoms with Crippen LogP contribution in [0.2, 0.25) is 5.02 Å². The van der Waals surface area contributed by atoms with Gasteiger partial charge in [-0.1, -0.05) is 41.9 Å². The van der Waals surface area contributed by atoms with Crippen LogP contribution in [0.4, 0.5) is 13.2 Å². The van der Waals surface area contributed by atoms with Crippen LogP contribution in [-0.4, -0.2) is 23.9 Å². The second-order valence-electron chi connectivity index (χ2n) is 6.09. The van der Waals surface area contributed by atoms with E-state index in [9.17, 15) is 18.0 Å². The average molecular weight is 385 g/mol. The summed E-state index contributed by atoms with van der Waals surface area (Å²) < 4.78 is 39.3. The Kier molecular flexibility index (Phi) is 6.67. The Morgan fingerprint density at radius 2 is 1.77 bits per heavy atom. The summed E-state index contributed by atoms with van der Waals surface area (Å²) in [5, 5.41) is 3.39. The molecule has 0 saturated carbocycles. The van der Waals surface area contributed by atoms with E-state index in [4.69, 9.17) is 11.6 Å². The third-order valence-electron chi connectivity index (χ3n) is 4.16. The number of rotatable bonds is 6. The van der Waals surface area contributed by atoms with E-state index in [1.165, 1.54) is 12.1 Å². The first-order valence-corrected chi connectivity index (χ1v) is 8.44. The minimum absolute atomic E-state index is 0.0191. The highest BCUT2D eigenvalue weighted by molar-refractivity contribution is 6.30. The predicted molar refractivity (Wildman–Crippen MR) is 95.7 cm³/mol. The van der Waals surface area contributed by atoms with Crippen molar-refractivity contribution in [1.29, 1.82) is 0 Å². The molecule has 0 aliphatic carbocycles. The molecule has 2 aromatic carbocycles. The largest absolute Gasteiger partial charge is 0.416 e. The molecule has 140 valence electrons. The fourth-order valence-corrected chi connectivity index (χ4v) is 2.61. The van der Waals surface area contributed by atoms with Crippen LogP contribution in [0.5, 0.6) is 0 Å². The highest BCUT2D eigenvalue weighted by atomic mass is 35.5. The van der Waals surface area contributed by atoms with Gasteiger partial charge in [0.25, 0.3) is 0 Å². The van der Waals surface area contributed by atoms with Gasteiger partial charge in [-0.3, -0.25) is 9.69 Å². The molecule has 0 radical (unpaired) electrons. The number of nitrogens with one attached hydrogen (secondary N) is 1. The molecule has 26 heavy (non-hydrogen) atoms. The molecule has 0 bridgehead atoms.